The molecule has 6 atom stereocenters. The molecule has 5 N–H and O–H groups in total. The van der Waals surface area contributed by atoms with E-state index in [1.54, 1.807) is 0 Å². The van der Waals surface area contributed by atoms with Gasteiger partial charge in [0, 0.05) is 20.2 Å². The Morgan fingerprint density at radius 3 is 1.38 bits per heavy atom. The first kappa shape index (κ1) is 44.3. The molecule has 21 heteroatoms. The Kier molecular flexibility index (Phi) is 21.5. The van der Waals surface area contributed by atoms with Gasteiger partial charge < -0.3 is 92.3 Å². The van der Waals surface area contributed by atoms with Gasteiger partial charge in [-0.3, -0.25) is 0 Å². The van der Waals surface area contributed by atoms with E-state index in [-0.39, 0.29) is 82.1 Å². The Labute approximate surface area is 234 Å². The Hall–Kier alpha value is 2.29. The third-order valence-corrected chi connectivity index (χ3v) is 15.3. The molecule has 0 saturated carbocycles. The topological polar surface area (TPSA) is 184 Å². The second-order valence-corrected chi connectivity index (χ2v) is 16.9. The first-order valence-corrected chi connectivity index (χ1v) is 16.8. The number of hydrogen-bond acceptors (Lipinski definition) is 14. The first-order chi connectivity index (χ1) is 11.6. The van der Waals surface area contributed by atoms with Crippen LogP contribution in [0.2, 0.25) is 13.1 Å². The third-order valence-electron chi connectivity index (χ3n) is 2.80. The summed E-state index contributed by atoms with van der Waals surface area (Å²) in [6, 6.07) is 0. The van der Waals surface area contributed by atoms with Crippen molar-refractivity contribution in [2.75, 3.05) is 7.11 Å². The van der Waals surface area contributed by atoms with Crippen LogP contribution >= 0.6 is 0 Å². The van der Waals surface area contributed by atoms with E-state index in [1.807, 2.05) is 0 Å². The molecule has 32 heavy (non-hydrogen) atoms. The molecule has 2 saturated heterocycles. The van der Waals surface area contributed by atoms with E-state index in [1.165, 1.54) is 13.8 Å². The summed E-state index contributed by atoms with van der Waals surface area (Å²) in [5.41, 5.74) is 0. The quantitative estimate of drug-likeness (QED) is 0.159. The standard InChI is InChI=1S/C7H22O14Si5.4CH3.2Zr/c1-6-14-22(4,8)18-26(20-24(10,11)16-6)19-23(5,9)15-7(2)17-25(12,13-3)21-26;;;;;;/h6-12H,1-5H3;4*1H3;;/q;4*-1;2*+2. The van der Waals surface area contributed by atoms with Gasteiger partial charge in [0.05, 0.1) is 0 Å². The van der Waals surface area contributed by atoms with Crippen molar-refractivity contribution in [3.8, 4) is 0 Å². The van der Waals surface area contributed by atoms with E-state index in [0.29, 0.717) is 0 Å². The van der Waals surface area contributed by atoms with Crippen molar-refractivity contribution in [1.29, 1.82) is 0 Å². The average Bonchev–Trinajstić information content (AvgIpc) is 2.29. The molecule has 0 bridgehead atoms. The maximum Gasteiger partial charge on any atom is 2.00 e. The zero-order valence-electron chi connectivity index (χ0n) is 19.6. The van der Waals surface area contributed by atoms with Gasteiger partial charge in [0.1, 0.15) is 12.6 Å². The Morgan fingerprint density at radius 1 is 0.625 bits per heavy atom. The van der Waals surface area contributed by atoms with E-state index in [4.69, 9.17) is 38.6 Å². The third kappa shape index (κ3) is 13.0. The summed E-state index contributed by atoms with van der Waals surface area (Å²) in [6.07, 6.45) is -2.51. The average molecular weight is 713 g/mol. The van der Waals surface area contributed by atoms with Crippen molar-refractivity contribution >= 4 is 44.8 Å². The van der Waals surface area contributed by atoms with Gasteiger partial charge in [-0.15, -0.1) is 0 Å². The Morgan fingerprint density at radius 2 is 1.00 bits per heavy atom. The molecular weight excluding hydrogens is 679 g/mol. The van der Waals surface area contributed by atoms with E-state index >= 15 is 0 Å². The second kappa shape index (κ2) is 15.5. The maximum absolute atomic E-state index is 10.4. The van der Waals surface area contributed by atoms with Gasteiger partial charge in [0.25, 0.3) is 0 Å². The van der Waals surface area contributed by atoms with Gasteiger partial charge in [-0.1, -0.05) is 0 Å². The van der Waals surface area contributed by atoms with Crippen molar-refractivity contribution in [2.24, 2.45) is 0 Å². The van der Waals surface area contributed by atoms with Gasteiger partial charge in [-0.05, 0) is 13.8 Å². The fraction of sp³-hybridized carbons (Fsp3) is 0.636. The van der Waals surface area contributed by atoms with Gasteiger partial charge in [0.2, 0.25) is 0 Å². The second-order valence-electron chi connectivity index (χ2n) is 5.59. The van der Waals surface area contributed by atoms with Crippen LogP contribution in [-0.4, -0.2) is 88.4 Å². The van der Waals surface area contributed by atoms with Crippen LogP contribution in [0.1, 0.15) is 13.8 Å². The molecule has 2 fully saturated rings. The molecule has 0 aromatic heterocycles. The molecule has 2 rings (SSSR count). The Bertz CT molecular complexity index is 499. The molecule has 6 unspecified atom stereocenters. The predicted octanol–water partition coefficient (Wildman–Crippen LogP) is -1.31. The number of rotatable bonds is 1. The normalized spacial score (nSPS) is 41.1. The Balaban J connectivity index is -0.000000405. The molecule has 0 radical (unpaired) electrons. The summed E-state index contributed by atoms with van der Waals surface area (Å²) in [7, 11) is -21.8. The molecule has 2 aliphatic heterocycles. The fourth-order valence-corrected chi connectivity index (χ4v) is 15.4. The van der Waals surface area contributed by atoms with Gasteiger partial charge in [-0.25, -0.2) is 0 Å². The SMILES string of the molecule is CO[Si]1(O)OC(C)O[Si](C)(O)O[Si]2(O[Si](C)(O)OC(C)O[Si](O)(O)O2)O1.[CH3-].[CH3-].[CH3-].[CH3-].[Zr+2].[Zr+2]. The van der Waals surface area contributed by atoms with Crippen molar-refractivity contribution in [3.63, 3.8) is 0 Å². The van der Waals surface area contributed by atoms with Crippen molar-refractivity contribution in [1.82, 2.24) is 0 Å². The molecule has 0 amide bonds. The summed E-state index contributed by atoms with van der Waals surface area (Å²) in [5.74, 6) is 0. The van der Waals surface area contributed by atoms with Crippen LogP contribution in [0.15, 0.2) is 0 Å². The minimum absolute atomic E-state index is 0. The van der Waals surface area contributed by atoms with Crippen LogP contribution in [0.4, 0.5) is 0 Å². The molecule has 0 aromatic rings. The van der Waals surface area contributed by atoms with Crippen LogP contribution < -0.4 is 0 Å². The molecule has 2 aliphatic rings. The van der Waals surface area contributed by atoms with E-state index in [9.17, 15) is 24.0 Å². The molecule has 190 valence electrons. The smallest absolute Gasteiger partial charge is 0.390 e. The zero-order chi connectivity index (χ0) is 20.0. The fourth-order valence-electron chi connectivity index (χ4n) is 2.19. The van der Waals surface area contributed by atoms with Crippen LogP contribution in [0.25, 0.3) is 0 Å². The first-order valence-electron chi connectivity index (χ1n) is 7.28. The summed E-state index contributed by atoms with van der Waals surface area (Å²) < 4.78 is 45.9. The molecule has 1 spiro atoms. The maximum atomic E-state index is 10.4. The summed E-state index contributed by atoms with van der Waals surface area (Å²) >= 11 is 0. The number of hydrogen-bond donors (Lipinski definition) is 5. The summed E-state index contributed by atoms with van der Waals surface area (Å²) in [4.78, 5) is 51.2. The zero-order valence-corrected chi connectivity index (χ0v) is 29.5. The van der Waals surface area contributed by atoms with Gasteiger partial charge >= 0.3 is 97.2 Å². The van der Waals surface area contributed by atoms with Gasteiger partial charge in [-0.2, -0.15) is 0 Å². The van der Waals surface area contributed by atoms with E-state index < -0.39 is 57.3 Å². The molecular formula is C11H34O14Si5Zr2. The van der Waals surface area contributed by atoms with Crippen molar-refractivity contribution in [2.45, 2.75) is 39.5 Å². The monoisotopic (exact) mass is 710 g/mol. The predicted molar refractivity (Wildman–Crippen MR) is 112 cm³/mol. The minimum atomic E-state index is -5.02. The molecule has 2 heterocycles. The summed E-state index contributed by atoms with van der Waals surface area (Å²) in [6.45, 7) is 4.86. The minimum Gasteiger partial charge on any atom is -0.390 e. The van der Waals surface area contributed by atoms with Crippen molar-refractivity contribution < 1.29 is 115 Å². The van der Waals surface area contributed by atoms with Crippen LogP contribution in [0, 0.1) is 29.7 Å². The van der Waals surface area contributed by atoms with Crippen LogP contribution in [0.5, 0.6) is 0 Å². The summed E-state index contributed by atoms with van der Waals surface area (Å²) in [5, 5.41) is 0. The van der Waals surface area contributed by atoms with E-state index in [2.05, 4.69) is 0 Å². The van der Waals surface area contributed by atoms with E-state index in [0.717, 1.165) is 20.2 Å². The molecule has 14 nitrogen and oxygen atoms in total. The van der Waals surface area contributed by atoms with Crippen LogP contribution in [0.3, 0.4) is 0 Å². The van der Waals surface area contributed by atoms with Crippen LogP contribution in [-0.2, 0) is 91.0 Å². The van der Waals surface area contributed by atoms with Gasteiger partial charge in [0.15, 0.2) is 0 Å². The largest absolute Gasteiger partial charge is 2.00 e. The molecule has 0 aromatic carbocycles. The molecule has 0 aliphatic carbocycles. The van der Waals surface area contributed by atoms with Crippen molar-refractivity contribution in [3.05, 3.63) is 29.7 Å².